The number of amidine groups is 1. The Morgan fingerprint density at radius 3 is 2.46 bits per heavy atom. The van der Waals surface area contributed by atoms with Crippen LogP contribution in [0.4, 0.5) is 4.39 Å². The highest BCUT2D eigenvalue weighted by atomic mass is 19.1. The summed E-state index contributed by atoms with van der Waals surface area (Å²) in [5.74, 6) is 1.26. The van der Waals surface area contributed by atoms with Crippen molar-refractivity contribution in [1.82, 2.24) is 5.32 Å². The second-order valence-electron chi connectivity index (χ2n) is 8.24. The fourth-order valence-corrected chi connectivity index (χ4v) is 3.47. The van der Waals surface area contributed by atoms with E-state index in [9.17, 15) is 4.39 Å². The Kier molecular flexibility index (Phi) is 11.7. The van der Waals surface area contributed by atoms with Gasteiger partial charge in [0.25, 0.3) is 0 Å². The van der Waals surface area contributed by atoms with Crippen LogP contribution in [0, 0.1) is 12.7 Å². The predicted molar refractivity (Wildman–Crippen MR) is 148 cm³/mol. The fraction of sp³-hybridized carbons (Fsp3) is 0.333. The SMILES string of the molecule is CC/C=C(/C=C\C(C)=NC)CN=C(N/C=C/CCC)c1cc(-c2ccc(F)cc2)cc(OC)c1C. The van der Waals surface area contributed by atoms with E-state index in [2.05, 4.69) is 48.5 Å². The Labute approximate surface area is 210 Å². The average molecular weight is 476 g/mol. The lowest BCUT2D eigenvalue weighted by atomic mass is 9.97. The van der Waals surface area contributed by atoms with Crippen molar-refractivity contribution in [2.75, 3.05) is 20.7 Å². The van der Waals surface area contributed by atoms with Crippen molar-refractivity contribution in [3.05, 3.63) is 89.4 Å². The predicted octanol–water partition coefficient (Wildman–Crippen LogP) is 7.44. The summed E-state index contributed by atoms with van der Waals surface area (Å²) in [5.41, 5.74) is 5.86. The number of allylic oxidation sites excluding steroid dienone is 3. The van der Waals surface area contributed by atoms with Gasteiger partial charge in [0.1, 0.15) is 17.4 Å². The summed E-state index contributed by atoms with van der Waals surface area (Å²) in [7, 11) is 3.45. The van der Waals surface area contributed by atoms with Gasteiger partial charge in [0.2, 0.25) is 0 Å². The molecule has 0 aliphatic carbocycles. The van der Waals surface area contributed by atoms with Crippen molar-refractivity contribution in [3.63, 3.8) is 0 Å². The van der Waals surface area contributed by atoms with Gasteiger partial charge in [-0.3, -0.25) is 9.98 Å². The van der Waals surface area contributed by atoms with Crippen LogP contribution in [-0.2, 0) is 0 Å². The first-order chi connectivity index (χ1) is 16.9. The lowest BCUT2D eigenvalue weighted by molar-refractivity contribution is 0.412. The maximum absolute atomic E-state index is 13.5. The van der Waals surface area contributed by atoms with Crippen LogP contribution in [0.2, 0.25) is 0 Å². The second-order valence-corrected chi connectivity index (χ2v) is 8.24. The van der Waals surface area contributed by atoms with Crippen LogP contribution >= 0.6 is 0 Å². The van der Waals surface area contributed by atoms with Crippen LogP contribution in [0.3, 0.4) is 0 Å². The molecular formula is C30H38FN3O. The Morgan fingerprint density at radius 1 is 1.09 bits per heavy atom. The first-order valence-electron chi connectivity index (χ1n) is 12.1. The molecule has 0 unspecified atom stereocenters. The van der Waals surface area contributed by atoms with E-state index in [0.29, 0.717) is 6.54 Å². The van der Waals surface area contributed by atoms with Gasteiger partial charge in [-0.25, -0.2) is 4.39 Å². The van der Waals surface area contributed by atoms with E-state index in [1.807, 2.05) is 32.2 Å². The molecule has 0 radical (unpaired) electrons. The van der Waals surface area contributed by atoms with Crippen LogP contribution in [0.5, 0.6) is 5.75 Å². The summed E-state index contributed by atoms with van der Waals surface area (Å²) in [4.78, 5) is 9.18. The fourth-order valence-electron chi connectivity index (χ4n) is 3.47. The molecule has 186 valence electrons. The maximum Gasteiger partial charge on any atom is 0.133 e. The Balaban J connectivity index is 2.56. The summed E-state index contributed by atoms with van der Waals surface area (Å²) >= 11 is 0. The molecule has 5 heteroatoms. The molecule has 0 fully saturated rings. The third-order valence-electron chi connectivity index (χ3n) is 5.58. The molecule has 0 spiro atoms. The zero-order valence-corrected chi connectivity index (χ0v) is 21.9. The van der Waals surface area contributed by atoms with Gasteiger partial charge in [-0.05, 0) is 79.9 Å². The number of halogens is 1. The summed E-state index contributed by atoms with van der Waals surface area (Å²) in [5, 5.41) is 3.40. The molecule has 0 atom stereocenters. The zero-order chi connectivity index (χ0) is 25.6. The van der Waals surface area contributed by atoms with E-state index >= 15 is 0 Å². The first kappa shape index (κ1) is 27.8. The smallest absolute Gasteiger partial charge is 0.133 e. The number of benzene rings is 2. The minimum Gasteiger partial charge on any atom is -0.496 e. The minimum atomic E-state index is -0.260. The van der Waals surface area contributed by atoms with E-state index in [1.165, 1.54) is 12.1 Å². The van der Waals surface area contributed by atoms with Gasteiger partial charge in [-0.1, -0.05) is 50.6 Å². The normalized spacial score (nSPS) is 13.2. The van der Waals surface area contributed by atoms with Gasteiger partial charge >= 0.3 is 0 Å². The number of hydrogen-bond acceptors (Lipinski definition) is 3. The number of nitrogens with zero attached hydrogens (tertiary/aromatic N) is 2. The number of ether oxygens (including phenoxy) is 1. The number of unbranched alkanes of at least 4 members (excludes halogenated alkanes) is 1. The van der Waals surface area contributed by atoms with E-state index < -0.39 is 0 Å². The van der Waals surface area contributed by atoms with E-state index in [-0.39, 0.29) is 5.82 Å². The molecule has 2 aromatic carbocycles. The Bertz CT molecular complexity index is 1110. The Hall–Kier alpha value is -3.47. The summed E-state index contributed by atoms with van der Waals surface area (Å²) < 4.78 is 19.2. The van der Waals surface area contributed by atoms with Gasteiger partial charge < -0.3 is 10.1 Å². The molecule has 0 aromatic heterocycles. The molecule has 0 saturated heterocycles. The number of nitrogens with one attached hydrogen (secondary N) is 1. The van der Waals surface area contributed by atoms with Crippen molar-refractivity contribution in [2.24, 2.45) is 9.98 Å². The molecular weight excluding hydrogens is 437 g/mol. The molecule has 4 nitrogen and oxygen atoms in total. The molecule has 0 saturated carbocycles. The first-order valence-corrected chi connectivity index (χ1v) is 12.1. The lowest BCUT2D eigenvalue weighted by Gasteiger charge is -2.16. The molecule has 2 rings (SSSR count). The summed E-state index contributed by atoms with van der Waals surface area (Å²) in [6.07, 6.45) is 13.3. The number of rotatable bonds is 11. The largest absolute Gasteiger partial charge is 0.496 e. The van der Waals surface area contributed by atoms with Crippen molar-refractivity contribution in [3.8, 4) is 16.9 Å². The second kappa shape index (κ2) is 14.7. The van der Waals surface area contributed by atoms with Gasteiger partial charge in [-0.15, -0.1) is 0 Å². The van der Waals surface area contributed by atoms with Crippen molar-refractivity contribution in [1.29, 1.82) is 0 Å². The highest BCUT2D eigenvalue weighted by molar-refractivity contribution is 6.02. The van der Waals surface area contributed by atoms with Crippen molar-refractivity contribution < 1.29 is 9.13 Å². The quantitative estimate of drug-likeness (QED) is 0.208. The molecule has 0 amide bonds. The van der Waals surface area contributed by atoms with Gasteiger partial charge in [0.05, 0.1) is 13.7 Å². The van der Waals surface area contributed by atoms with Crippen molar-refractivity contribution >= 4 is 11.5 Å². The van der Waals surface area contributed by atoms with Gasteiger partial charge in [0, 0.05) is 23.9 Å². The molecule has 0 aliphatic rings. The van der Waals surface area contributed by atoms with Crippen LogP contribution in [-0.4, -0.2) is 32.2 Å². The van der Waals surface area contributed by atoms with E-state index in [4.69, 9.17) is 9.73 Å². The molecule has 35 heavy (non-hydrogen) atoms. The van der Waals surface area contributed by atoms with Crippen LogP contribution in [0.1, 0.15) is 51.2 Å². The molecule has 0 heterocycles. The maximum atomic E-state index is 13.5. The number of aliphatic imine (C=N–C) groups is 2. The average Bonchev–Trinajstić information content (AvgIpc) is 2.87. The topological polar surface area (TPSA) is 46.0 Å². The minimum absolute atomic E-state index is 0.260. The third kappa shape index (κ3) is 8.67. The number of methoxy groups -OCH3 is 1. The Morgan fingerprint density at radius 2 is 1.83 bits per heavy atom. The van der Waals surface area contributed by atoms with E-state index in [0.717, 1.165) is 64.4 Å². The van der Waals surface area contributed by atoms with Crippen LogP contribution in [0.25, 0.3) is 11.1 Å². The van der Waals surface area contributed by atoms with Crippen LogP contribution in [0.15, 0.2) is 82.5 Å². The highest BCUT2D eigenvalue weighted by Crippen LogP contribution is 2.30. The number of hydrogen-bond donors (Lipinski definition) is 1. The molecule has 0 aliphatic heterocycles. The standard InChI is InChI=1S/C30H38FN3O/c1-7-9-10-18-33-30(34-21-24(11-8-2)13-12-22(3)32-5)28-19-26(20-29(35-6)23(28)4)25-14-16-27(31)17-15-25/h10-20H,7-9,21H2,1-6H3,(H,33,34)/b13-12-,18-10+,24-11-,32-22?. The third-order valence-corrected chi connectivity index (χ3v) is 5.58. The highest BCUT2D eigenvalue weighted by Gasteiger charge is 2.14. The van der Waals surface area contributed by atoms with Crippen molar-refractivity contribution in [2.45, 2.75) is 47.0 Å². The van der Waals surface area contributed by atoms with Gasteiger partial charge in [0.15, 0.2) is 0 Å². The zero-order valence-electron chi connectivity index (χ0n) is 21.9. The molecule has 1 N–H and O–H groups in total. The lowest BCUT2D eigenvalue weighted by Crippen LogP contribution is -2.21. The van der Waals surface area contributed by atoms with Crippen LogP contribution < -0.4 is 10.1 Å². The van der Waals surface area contributed by atoms with E-state index in [1.54, 1.807) is 26.3 Å². The summed E-state index contributed by atoms with van der Waals surface area (Å²) in [6.45, 7) is 8.79. The van der Waals surface area contributed by atoms with Gasteiger partial charge in [-0.2, -0.15) is 0 Å². The molecule has 2 aromatic rings. The monoisotopic (exact) mass is 475 g/mol. The summed E-state index contributed by atoms with van der Waals surface area (Å²) in [6, 6.07) is 10.6. The molecule has 0 bridgehead atoms.